The summed E-state index contributed by atoms with van der Waals surface area (Å²) >= 11 is 0. The molecule has 0 saturated carbocycles. The van der Waals surface area contributed by atoms with E-state index in [9.17, 15) is 10.1 Å². The van der Waals surface area contributed by atoms with Crippen LogP contribution >= 0.6 is 0 Å². The number of nitrogens with zero attached hydrogens (tertiary/aromatic N) is 3. The molecule has 1 aromatic carbocycles. The minimum atomic E-state index is -0.656. The van der Waals surface area contributed by atoms with E-state index in [0.717, 1.165) is 6.07 Å². The first-order valence-corrected chi connectivity index (χ1v) is 4.26. The van der Waals surface area contributed by atoms with Crippen molar-refractivity contribution in [2.75, 3.05) is 7.11 Å². The van der Waals surface area contributed by atoms with Crippen molar-refractivity contribution in [3.05, 3.63) is 33.4 Å². The molecule has 0 N–H and O–H groups in total. The maximum absolute atomic E-state index is 10.7. The van der Waals surface area contributed by atoms with Gasteiger partial charge in [-0.2, -0.15) is 10.5 Å². The van der Waals surface area contributed by atoms with Gasteiger partial charge in [-0.05, 0) is 6.07 Å². The zero-order chi connectivity index (χ0) is 12.1. The molecule has 0 heterocycles. The van der Waals surface area contributed by atoms with E-state index in [0.29, 0.717) is 5.56 Å². The summed E-state index contributed by atoms with van der Waals surface area (Å²) in [6, 6.07) is 6.08. The molecule has 6 heteroatoms. The van der Waals surface area contributed by atoms with E-state index in [1.807, 2.05) is 6.07 Å². The molecule has 1 aromatic rings. The predicted molar refractivity (Wildman–Crippen MR) is 53.7 cm³/mol. The number of ether oxygens (including phenoxy) is 1. The topological polar surface area (TPSA) is 99.9 Å². The van der Waals surface area contributed by atoms with Gasteiger partial charge in [0.25, 0.3) is 5.69 Å². The van der Waals surface area contributed by atoms with Crippen molar-refractivity contribution < 1.29 is 9.66 Å². The Labute approximate surface area is 91.4 Å². The second-order valence-corrected chi connectivity index (χ2v) is 2.89. The van der Waals surface area contributed by atoms with Gasteiger partial charge in [0.15, 0.2) is 0 Å². The lowest BCUT2D eigenvalue weighted by Crippen LogP contribution is -1.98. The van der Waals surface area contributed by atoms with Crippen LogP contribution in [0.5, 0.6) is 5.75 Å². The van der Waals surface area contributed by atoms with Gasteiger partial charge in [-0.15, -0.1) is 0 Å². The van der Waals surface area contributed by atoms with E-state index < -0.39 is 4.92 Å². The summed E-state index contributed by atoms with van der Waals surface area (Å²) < 4.78 is 4.92. The molecule has 0 atom stereocenters. The molecule has 16 heavy (non-hydrogen) atoms. The van der Waals surface area contributed by atoms with Crippen LogP contribution in [0, 0.1) is 32.8 Å². The molecule has 0 fully saturated rings. The molecule has 6 nitrogen and oxygen atoms in total. The molecule has 0 amide bonds. The summed E-state index contributed by atoms with van der Waals surface area (Å²) in [5.41, 5.74) is 0.0734. The van der Waals surface area contributed by atoms with E-state index in [4.69, 9.17) is 15.3 Å². The zero-order valence-electron chi connectivity index (χ0n) is 8.43. The fourth-order valence-corrected chi connectivity index (χ4v) is 1.27. The highest BCUT2D eigenvalue weighted by Gasteiger charge is 2.18. The van der Waals surface area contributed by atoms with Gasteiger partial charge in [-0.25, -0.2) is 0 Å². The molecule has 1 rings (SSSR count). The largest absolute Gasteiger partial charge is 0.496 e. The van der Waals surface area contributed by atoms with Crippen LogP contribution in [0.1, 0.15) is 11.1 Å². The van der Waals surface area contributed by atoms with Crippen molar-refractivity contribution in [1.82, 2.24) is 0 Å². The first kappa shape index (κ1) is 11.5. The summed E-state index contributed by atoms with van der Waals surface area (Å²) in [7, 11) is 1.35. The average Bonchev–Trinajstić information content (AvgIpc) is 2.28. The van der Waals surface area contributed by atoms with Crippen LogP contribution in [-0.2, 0) is 6.42 Å². The molecule has 0 aliphatic heterocycles. The minimum absolute atomic E-state index is 0.0375. The van der Waals surface area contributed by atoms with E-state index in [1.165, 1.54) is 13.2 Å². The highest BCUT2D eigenvalue weighted by Crippen LogP contribution is 2.28. The second-order valence-electron chi connectivity index (χ2n) is 2.89. The Morgan fingerprint density at radius 3 is 2.62 bits per heavy atom. The Morgan fingerprint density at radius 2 is 2.19 bits per heavy atom. The Balaban J connectivity index is 3.42. The fourth-order valence-electron chi connectivity index (χ4n) is 1.27. The number of rotatable bonds is 3. The molecular formula is C10H7N3O3. The molecule has 0 saturated heterocycles. The van der Waals surface area contributed by atoms with Crippen LogP contribution in [0.25, 0.3) is 0 Å². The third-order valence-corrected chi connectivity index (χ3v) is 1.99. The number of nitriles is 2. The van der Waals surface area contributed by atoms with E-state index in [-0.39, 0.29) is 23.4 Å². The number of hydrogen-bond donors (Lipinski definition) is 0. The van der Waals surface area contributed by atoms with Crippen LogP contribution < -0.4 is 4.74 Å². The number of hydrogen-bond acceptors (Lipinski definition) is 5. The van der Waals surface area contributed by atoms with Gasteiger partial charge in [0.2, 0.25) is 0 Å². The zero-order valence-corrected chi connectivity index (χ0v) is 8.43. The molecular weight excluding hydrogens is 210 g/mol. The smallest absolute Gasteiger partial charge is 0.290 e. The van der Waals surface area contributed by atoms with Crippen molar-refractivity contribution >= 4 is 5.69 Å². The Hall–Kier alpha value is -2.60. The van der Waals surface area contributed by atoms with Gasteiger partial charge >= 0.3 is 0 Å². The second kappa shape index (κ2) is 4.76. The van der Waals surface area contributed by atoms with Crippen molar-refractivity contribution in [3.63, 3.8) is 0 Å². The summed E-state index contributed by atoms with van der Waals surface area (Å²) in [5.74, 6) is 0.243. The first-order valence-electron chi connectivity index (χ1n) is 4.26. The molecule has 80 valence electrons. The molecule has 0 radical (unpaired) electrons. The number of nitro benzene ring substituents is 1. The van der Waals surface area contributed by atoms with Crippen LogP contribution in [0.15, 0.2) is 12.1 Å². The number of nitro groups is 1. The molecule has 0 bridgehead atoms. The van der Waals surface area contributed by atoms with E-state index in [2.05, 4.69) is 0 Å². The average molecular weight is 217 g/mol. The summed E-state index contributed by atoms with van der Waals surface area (Å²) in [5, 5.41) is 28.0. The molecule has 0 spiro atoms. The summed E-state index contributed by atoms with van der Waals surface area (Å²) in [6.45, 7) is 0. The predicted octanol–water partition coefficient (Wildman–Crippen LogP) is 1.54. The van der Waals surface area contributed by atoms with Crippen LogP contribution in [0.4, 0.5) is 5.69 Å². The SMILES string of the molecule is COc1cc([N+](=O)[O-])c(C#N)cc1CC#N. The molecule has 0 aliphatic carbocycles. The van der Waals surface area contributed by atoms with Crippen molar-refractivity contribution in [2.24, 2.45) is 0 Å². The Kier molecular flexibility index (Phi) is 3.41. The van der Waals surface area contributed by atoms with Crippen molar-refractivity contribution in [2.45, 2.75) is 6.42 Å². The standard InChI is InChI=1S/C10H7N3O3/c1-16-10-5-9(13(14)15)8(6-12)4-7(10)2-3-11/h4-5H,2H2,1H3. The monoisotopic (exact) mass is 217 g/mol. The Morgan fingerprint density at radius 1 is 1.50 bits per heavy atom. The first-order chi connectivity index (χ1) is 7.63. The van der Waals surface area contributed by atoms with Gasteiger partial charge < -0.3 is 4.74 Å². The van der Waals surface area contributed by atoms with Gasteiger partial charge in [0.05, 0.1) is 30.6 Å². The summed E-state index contributed by atoms with van der Waals surface area (Å²) in [4.78, 5) is 10.00. The van der Waals surface area contributed by atoms with Gasteiger partial charge in [-0.1, -0.05) is 0 Å². The lowest BCUT2D eigenvalue weighted by Gasteiger charge is -2.05. The van der Waals surface area contributed by atoms with E-state index in [1.54, 1.807) is 6.07 Å². The van der Waals surface area contributed by atoms with Crippen LogP contribution in [0.3, 0.4) is 0 Å². The minimum Gasteiger partial charge on any atom is -0.496 e. The van der Waals surface area contributed by atoms with Crippen LogP contribution in [-0.4, -0.2) is 12.0 Å². The maximum Gasteiger partial charge on any atom is 0.290 e. The third kappa shape index (κ3) is 2.07. The lowest BCUT2D eigenvalue weighted by atomic mass is 10.1. The molecule has 0 unspecified atom stereocenters. The lowest BCUT2D eigenvalue weighted by molar-refractivity contribution is -0.385. The quantitative estimate of drug-likeness (QED) is 0.564. The highest BCUT2D eigenvalue weighted by atomic mass is 16.6. The van der Waals surface area contributed by atoms with Gasteiger partial charge in [0, 0.05) is 5.56 Å². The Bertz CT molecular complexity index is 511. The summed E-state index contributed by atoms with van der Waals surface area (Å²) in [6.07, 6.45) is 0.0375. The van der Waals surface area contributed by atoms with Crippen LogP contribution in [0.2, 0.25) is 0 Å². The maximum atomic E-state index is 10.7. The van der Waals surface area contributed by atoms with E-state index >= 15 is 0 Å². The molecule has 0 aromatic heterocycles. The van der Waals surface area contributed by atoms with Gasteiger partial charge in [0.1, 0.15) is 17.4 Å². The number of benzene rings is 1. The van der Waals surface area contributed by atoms with Crippen molar-refractivity contribution in [3.8, 4) is 17.9 Å². The molecule has 0 aliphatic rings. The number of methoxy groups -OCH3 is 1. The fraction of sp³-hybridized carbons (Fsp3) is 0.200. The van der Waals surface area contributed by atoms with Crippen molar-refractivity contribution in [1.29, 1.82) is 10.5 Å². The van der Waals surface area contributed by atoms with Gasteiger partial charge in [-0.3, -0.25) is 10.1 Å². The highest BCUT2D eigenvalue weighted by molar-refractivity contribution is 5.56. The normalized spacial score (nSPS) is 8.94. The third-order valence-electron chi connectivity index (χ3n) is 1.99.